The van der Waals surface area contributed by atoms with E-state index >= 15 is 0 Å². The minimum absolute atomic E-state index is 0.00667. The monoisotopic (exact) mass is 234 g/mol. The molecule has 1 unspecified atom stereocenters. The summed E-state index contributed by atoms with van der Waals surface area (Å²) in [6, 6.07) is 0.352. The lowest BCUT2D eigenvalue weighted by atomic mass is 9.98. The van der Waals surface area contributed by atoms with E-state index in [-0.39, 0.29) is 18.9 Å². The van der Waals surface area contributed by atoms with Crippen LogP contribution in [-0.2, 0) is 0 Å². The first kappa shape index (κ1) is 13.8. The van der Waals surface area contributed by atoms with Gasteiger partial charge in [-0.3, -0.25) is 4.90 Å². The van der Waals surface area contributed by atoms with Crippen molar-refractivity contribution in [2.24, 2.45) is 0 Å². The Morgan fingerprint density at radius 2 is 2.12 bits per heavy atom. The van der Waals surface area contributed by atoms with E-state index in [0.717, 1.165) is 13.0 Å². The molecule has 0 saturated carbocycles. The SMILES string of the molecule is CCCN1CCC(F)(F)CC1CNC(C)C. The van der Waals surface area contributed by atoms with Crippen molar-refractivity contribution in [3.05, 3.63) is 0 Å². The number of hydrogen-bond acceptors (Lipinski definition) is 2. The fraction of sp³-hybridized carbons (Fsp3) is 1.00. The van der Waals surface area contributed by atoms with E-state index in [1.165, 1.54) is 0 Å². The van der Waals surface area contributed by atoms with Crippen LogP contribution in [0.2, 0.25) is 0 Å². The van der Waals surface area contributed by atoms with E-state index in [1.54, 1.807) is 0 Å². The number of likely N-dealkylation sites (tertiary alicyclic amines) is 1. The smallest absolute Gasteiger partial charge is 0.250 e. The van der Waals surface area contributed by atoms with E-state index < -0.39 is 5.92 Å². The van der Waals surface area contributed by atoms with Gasteiger partial charge >= 0.3 is 0 Å². The molecule has 0 aromatic carbocycles. The predicted octanol–water partition coefficient (Wildman–Crippen LogP) is 2.49. The molecule has 1 aliphatic rings. The molecule has 0 aliphatic carbocycles. The fourth-order valence-electron chi connectivity index (χ4n) is 2.22. The first-order valence-corrected chi connectivity index (χ1v) is 6.30. The van der Waals surface area contributed by atoms with Crippen LogP contribution >= 0.6 is 0 Å². The molecular weight excluding hydrogens is 210 g/mol. The summed E-state index contributed by atoms with van der Waals surface area (Å²) in [5.41, 5.74) is 0. The van der Waals surface area contributed by atoms with Gasteiger partial charge < -0.3 is 5.32 Å². The van der Waals surface area contributed by atoms with Crippen LogP contribution in [-0.4, -0.2) is 42.5 Å². The summed E-state index contributed by atoms with van der Waals surface area (Å²) < 4.78 is 26.7. The highest BCUT2D eigenvalue weighted by Gasteiger charge is 2.39. The average Bonchev–Trinajstić information content (AvgIpc) is 2.18. The van der Waals surface area contributed by atoms with Crippen molar-refractivity contribution in [1.29, 1.82) is 0 Å². The highest BCUT2D eigenvalue weighted by Crippen LogP contribution is 2.31. The van der Waals surface area contributed by atoms with Gasteiger partial charge in [-0.2, -0.15) is 0 Å². The molecule has 1 rings (SSSR count). The number of hydrogen-bond donors (Lipinski definition) is 1. The van der Waals surface area contributed by atoms with Crippen molar-refractivity contribution >= 4 is 0 Å². The van der Waals surface area contributed by atoms with Gasteiger partial charge in [0.1, 0.15) is 0 Å². The van der Waals surface area contributed by atoms with Gasteiger partial charge in [-0.25, -0.2) is 8.78 Å². The van der Waals surface area contributed by atoms with Crippen LogP contribution in [0.25, 0.3) is 0 Å². The summed E-state index contributed by atoms with van der Waals surface area (Å²) in [6.45, 7) is 8.33. The van der Waals surface area contributed by atoms with E-state index in [1.807, 2.05) is 13.8 Å². The molecule has 2 nitrogen and oxygen atoms in total. The Balaban J connectivity index is 2.50. The van der Waals surface area contributed by atoms with Crippen molar-refractivity contribution in [2.45, 2.75) is 58.0 Å². The number of nitrogens with zero attached hydrogens (tertiary/aromatic N) is 1. The topological polar surface area (TPSA) is 15.3 Å². The molecule has 16 heavy (non-hydrogen) atoms. The molecule has 1 N–H and O–H groups in total. The highest BCUT2D eigenvalue weighted by atomic mass is 19.3. The maximum Gasteiger partial charge on any atom is 0.250 e. The van der Waals surface area contributed by atoms with Gasteiger partial charge in [0.2, 0.25) is 0 Å². The molecular formula is C12H24F2N2. The van der Waals surface area contributed by atoms with Crippen LogP contribution < -0.4 is 5.32 Å². The Kier molecular flexibility index (Phi) is 5.12. The summed E-state index contributed by atoms with van der Waals surface area (Å²) in [5.74, 6) is -2.46. The van der Waals surface area contributed by atoms with E-state index in [0.29, 0.717) is 19.1 Å². The van der Waals surface area contributed by atoms with Crippen molar-refractivity contribution in [3.8, 4) is 0 Å². The number of piperidine rings is 1. The van der Waals surface area contributed by atoms with E-state index in [4.69, 9.17) is 0 Å². The van der Waals surface area contributed by atoms with E-state index in [9.17, 15) is 8.78 Å². The average molecular weight is 234 g/mol. The van der Waals surface area contributed by atoms with Crippen LogP contribution in [0, 0.1) is 0 Å². The second kappa shape index (κ2) is 5.92. The molecule has 0 spiro atoms. The third-order valence-electron chi connectivity index (χ3n) is 3.09. The second-order valence-electron chi connectivity index (χ2n) is 5.06. The van der Waals surface area contributed by atoms with Gasteiger partial charge in [-0.05, 0) is 13.0 Å². The third-order valence-corrected chi connectivity index (χ3v) is 3.09. The first-order valence-electron chi connectivity index (χ1n) is 6.30. The van der Waals surface area contributed by atoms with Crippen LogP contribution in [0.1, 0.15) is 40.0 Å². The largest absolute Gasteiger partial charge is 0.313 e. The summed E-state index contributed by atoms with van der Waals surface area (Å²) in [4.78, 5) is 2.20. The van der Waals surface area contributed by atoms with Crippen LogP contribution in [0.3, 0.4) is 0 Å². The molecule has 0 aromatic rings. The maximum absolute atomic E-state index is 13.3. The lowest BCUT2D eigenvalue weighted by Crippen LogP contribution is -2.52. The third kappa shape index (κ3) is 4.34. The van der Waals surface area contributed by atoms with Gasteiger partial charge in [0, 0.05) is 38.0 Å². The van der Waals surface area contributed by atoms with Crippen molar-refractivity contribution in [1.82, 2.24) is 10.2 Å². The molecule has 1 fully saturated rings. The Morgan fingerprint density at radius 3 is 2.69 bits per heavy atom. The van der Waals surface area contributed by atoms with Crippen molar-refractivity contribution < 1.29 is 8.78 Å². The number of rotatable bonds is 5. The van der Waals surface area contributed by atoms with Crippen molar-refractivity contribution in [3.63, 3.8) is 0 Å². The zero-order chi connectivity index (χ0) is 12.2. The lowest BCUT2D eigenvalue weighted by Gasteiger charge is -2.39. The molecule has 96 valence electrons. The van der Waals surface area contributed by atoms with Gasteiger partial charge in [-0.15, -0.1) is 0 Å². The zero-order valence-electron chi connectivity index (χ0n) is 10.6. The quantitative estimate of drug-likeness (QED) is 0.786. The van der Waals surface area contributed by atoms with Gasteiger partial charge in [0.15, 0.2) is 0 Å². The predicted molar refractivity (Wildman–Crippen MR) is 63.0 cm³/mol. The highest BCUT2D eigenvalue weighted by molar-refractivity contribution is 4.87. The summed E-state index contributed by atoms with van der Waals surface area (Å²) in [5, 5.41) is 3.27. The molecule has 1 saturated heterocycles. The van der Waals surface area contributed by atoms with Gasteiger partial charge in [0.25, 0.3) is 5.92 Å². The Bertz CT molecular complexity index is 207. The number of nitrogens with one attached hydrogen (secondary N) is 1. The first-order chi connectivity index (χ1) is 7.44. The van der Waals surface area contributed by atoms with Crippen LogP contribution in [0.15, 0.2) is 0 Å². The number of halogens is 2. The fourth-order valence-corrected chi connectivity index (χ4v) is 2.22. The van der Waals surface area contributed by atoms with Crippen LogP contribution in [0.5, 0.6) is 0 Å². The summed E-state index contributed by atoms with van der Waals surface area (Å²) >= 11 is 0. The summed E-state index contributed by atoms with van der Waals surface area (Å²) in [6.07, 6.45) is 1.06. The standard InChI is InChI=1S/C12H24F2N2/c1-4-6-16-7-5-12(13,14)8-11(16)9-15-10(2)3/h10-11,15H,4-9H2,1-3H3. The molecule has 4 heteroatoms. The Labute approximate surface area is 97.4 Å². The minimum atomic E-state index is -2.46. The Morgan fingerprint density at radius 1 is 1.44 bits per heavy atom. The molecule has 1 aliphatic heterocycles. The molecule has 1 atom stereocenters. The minimum Gasteiger partial charge on any atom is -0.313 e. The summed E-state index contributed by atoms with van der Waals surface area (Å²) in [7, 11) is 0. The Hall–Kier alpha value is -0.220. The second-order valence-corrected chi connectivity index (χ2v) is 5.06. The molecule has 0 bridgehead atoms. The molecule has 1 heterocycles. The normalized spacial score (nSPS) is 26.2. The lowest BCUT2D eigenvalue weighted by molar-refractivity contribution is -0.0777. The zero-order valence-corrected chi connectivity index (χ0v) is 10.6. The van der Waals surface area contributed by atoms with E-state index in [2.05, 4.69) is 17.1 Å². The van der Waals surface area contributed by atoms with Crippen molar-refractivity contribution in [2.75, 3.05) is 19.6 Å². The van der Waals surface area contributed by atoms with Crippen LogP contribution in [0.4, 0.5) is 8.78 Å². The molecule has 0 aromatic heterocycles. The molecule has 0 amide bonds. The van der Waals surface area contributed by atoms with Gasteiger partial charge in [0.05, 0.1) is 0 Å². The maximum atomic E-state index is 13.3. The number of alkyl halides is 2. The van der Waals surface area contributed by atoms with Gasteiger partial charge in [-0.1, -0.05) is 20.8 Å². The molecule has 0 radical (unpaired) electrons.